The first-order valence-corrected chi connectivity index (χ1v) is 9.21. The molecular weight excluding hydrogens is 396 g/mol. The second-order valence-corrected chi connectivity index (χ2v) is 6.81. The third-order valence-corrected chi connectivity index (χ3v) is 4.86. The maximum Gasteiger partial charge on any atom is 0.281 e. The van der Waals surface area contributed by atoms with Gasteiger partial charge in [0, 0.05) is 17.7 Å². The van der Waals surface area contributed by atoms with E-state index in [1.807, 2.05) is 24.3 Å². The highest BCUT2D eigenvalue weighted by Gasteiger charge is 2.32. The van der Waals surface area contributed by atoms with Crippen molar-refractivity contribution in [2.75, 3.05) is 12.0 Å². The van der Waals surface area contributed by atoms with E-state index < -0.39 is 0 Å². The molecule has 0 radical (unpaired) electrons. The molecule has 0 bridgehead atoms. The van der Waals surface area contributed by atoms with E-state index in [1.54, 1.807) is 49.6 Å². The summed E-state index contributed by atoms with van der Waals surface area (Å²) in [6.45, 7) is 0. The van der Waals surface area contributed by atoms with Gasteiger partial charge in [0.2, 0.25) is 0 Å². The van der Waals surface area contributed by atoms with Gasteiger partial charge in [-0.25, -0.2) is 0 Å². The summed E-state index contributed by atoms with van der Waals surface area (Å²) in [5.74, 6) is 1.51. The Morgan fingerprint density at radius 1 is 1.14 bits per heavy atom. The van der Waals surface area contributed by atoms with E-state index in [4.69, 9.17) is 33.0 Å². The Morgan fingerprint density at radius 2 is 1.96 bits per heavy atom. The molecule has 0 unspecified atom stereocenters. The van der Waals surface area contributed by atoms with Gasteiger partial charge in [-0.1, -0.05) is 29.8 Å². The Bertz CT molecular complexity index is 1110. The molecule has 140 valence electrons. The highest BCUT2D eigenvalue weighted by Crippen LogP contribution is 2.30. The molecule has 1 aliphatic heterocycles. The molecule has 0 saturated carbocycles. The number of carbonyl (C=O) groups excluding carboxylic acids is 1. The van der Waals surface area contributed by atoms with Gasteiger partial charge in [-0.3, -0.25) is 9.69 Å². The number of nitrogens with zero attached hydrogens (tertiary/aromatic N) is 1. The van der Waals surface area contributed by atoms with Crippen molar-refractivity contribution < 1.29 is 13.9 Å². The van der Waals surface area contributed by atoms with Crippen LogP contribution in [0, 0.1) is 0 Å². The molecule has 1 amide bonds. The topological polar surface area (TPSA) is 54.7 Å². The maximum absolute atomic E-state index is 12.9. The highest BCUT2D eigenvalue weighted by molar-refractivity contribution is 7.80. The number of furan rings is 1. The molecule has 4 rings (SSSR count). The van der Waals surface area contributed by atoms with Crippen molar-refractivity contribution in [1.82, 2.24) is 5.32 Å². The summed E-state index contributed by atoms with van der Waals surface area (Å²) in [6, 6.07) is 18.1. The molecule has 0 spiro atoms. The fourth-order valence-electron chi connectivity index (χ4n) is 2.90. The van der Waals surface area contributed by atoms with E-state index >= 15 is 0 Å². The number of thiocarbonyl (C=S) groups is 1. The lowest BCUT2D eigenvalue weighted by Crippen LogP contribution is -2.30. The molecule has 2 heterocycles. The predicted molar refractivity (Wildman–Crippen MR) is 113 cm³/mol. The van der Waals surface area contributed by atoms with Gasteiger partial charge in [0.1, 0.15) is 23.0 Å². The maximum atomic E-state index is 12.9. The first-order valence-electron chi connectivity index (χ1n) is 8.43. The van der Waals surface area contributed by atoms with Crippen LogP contribution in [0.5, 0.6) is 5.75 Å². The molecule has 5 nitrogen and oxygen atoms in total. The lowest BCUT2D eigenvalue weighted by molar-refractivity contribution is -0.113. The number of methoxy groups -OCH3 is 1. The lowest BCUT2D eigenvalue weighted by Gasteiger charge is -2.14. The fourth-order valence-corrected chi connectivity index (χ4v) is 3.42. The van der Waals surface area contributed by atoms with Crippen LogP contribution in [0.3, 0.4) is 0 Å². The number of halogens is 1. The normalized spacial score (nSPS) is 15.2. The molecule has 1 N–H and O–H groups in total. The number of ether oxygens (including phenoxy) is 1. The van der Waals surface area contributed by atoms with Crippen molar-refractivity contribution in [3.8, 4) is 17.1 Å². The van der Waals surface area contributed by atoms with E-state index in [0.717, 1.165) is 5.56 Å². The third kappa shape index (κ3) is 3.40. The Balaban J connectivity index is 1.62. The van der Waals surface area contributed by atoms with Crippen LogP contribution in [0.1, 0.15) is 5.76 Å². The van der Waals surface area contributed by atoms with Crippen molar-refractivity contribution in [3.05, 3.63) is 77.1 Å². The second kappa shape index (κ2) is 7.50. The largest absolute Gasteiger partial charge is 0.497 e. The number of hydrogen-bond donors (Lipinski definition) is 1. The minimum atomic E-state index is -0.269. The van der Waals surface area contributed by atoms with Gasteiger partial charge in [-0.15, -0.1) is 0 Å². The molecule has 28 heavy (non-hydrogen) atoms. The Hall–Kier alpha value is -3.09. The molecule has 0 aliphatic carbocycles. The van der Waals surface area contributed by atoms with Gasteiger partial charge < -0.3 is 14.5 Å². The molecular formula is C21H15ClN2O3S. The average Bonchev–Trinajstić information content (AvgIpc) is 3.27. The minimum Gasteiger partial charge on any atom is -0.497 e. The van der Waals surface area contributed by atoms with Crippen LogP contribution in [-0.2, 0) is 4.79 Å². The Kier molecular flexibility index (Phi) is 4.90. The van der Waals surface area contributed by atoms with E-state index in [1.165, 1.54) is 4.90 Å². The van der Waals surface area contributed by atoms with E-state index in [2.05, 4.69) is 5.32 Å². The fraction of sp³-hybridized carbons (Fsp3) is 0.0476. The molecule has 1 saturated heterocycles. The Labute approximate surface area is 172 Å². The van der Waals surface area contributed by atoms with Crippen molar-refractivity contribution in [2.45, 2.75) is 0 Å². The zero-order valence-electron chi connectivity index (χ0n) is 14.8. The molecule has 2 aromatic carbocycles. The average molecular weight is 411 g/mol. The van der Waals surface area contributed by atoms with E-state index in [0.29, 0.717) is 38.8 Å². The molecule has 1 aliphatic rings. The van der Waals surface area contributed by atoms with Crippen LogP contribution in [0.15, 0.2) is 70.8 Å². The first kappa shape index (κ1) is 18.3. The standard InChI is InChI=1S/C21H15ClN2O3S/c1-26-14-6-4-5-13(11-14)24-20(25)18(23-21(24)28)12-15-9-10-19(27-15)16-7-2-3-8-17(16)22/h2-12H,1H3,(H,23,28)/b18-12-. The van der Waals surface area contributed by atoms with Gasteiger partial charge in [0.15, 0.2) is 5.11 Å². The van der Waals surface area contributed by atoms with Crippen LogP contribution in [0.25, 0.3) is 17.4 Å². The summed E-state index contributed by atoms with van der Waals surface area (Å²) < 4.78 is 11.1. The predicted octanol–water partition coefficient (Wildman–Crippen LogP) is 4.87. The highest BCUT2D eigenvalue weighted by atomic mass is 35.5. The van der Waals surface area contributed by atoms with E-state index in [9.17, 15) is 4.79 Å². The number of anilines is 1. The van der Waals surface area contributed by atoms with Crippen molar-refractivity contribution in [2.24, 2.45) is 0 Å². The number of nitrogens with one attached hydrogen (secondary N) is 1. The van der Waals surface area contributed by atoms with Crippen LogP contribution in [0.4, 0.5) is 5.69 Å². The van der Waals surface area contributed by atoms with Crippen molar-refractivity contribution in [1.29, 1.82) is 0 Å². The van der Waals surface area contributed by atoms with Crippen LogP contribution in [-0.4, -0.2) is 18.1 Å². The Morgan fingerprint density at radius 3 is 2.75 bits per heavy atom. The summed E-state index contributed by atoms with van der Waals surface area (Å²) in [6.07, 6.45) is 1.62. The second-order valence-electron chi connectivity index (χ2n) is 6.01. The van der Waals surface area contributed by atoms with Crippen molar-refractivity contribution in [3.63, 3.8) is 0 Å². The van der Waals surface area contributed by atoms with Gasteiger partial charge in [-0.05, 0) is 48.6 Å². The lowest BCUT2D eigenvalue weighted by atomic mass is 10.2. The van der Waals surface area contributed by atoms with Crippen LogP contribution >= 0.6 is 23.8 Å². The SMILES string of the molecule is COc1cccc(N2C(=O)/C(=C/c3ccc(-c4ccccc4Cl)o3)NC2=S)c1. The van der Waals surface area contributed by atoms with Gasteiger partial charge in [0.25, 0.3) is 5.91 Å². The zero-order valence-corrected chi connectivity index (χ0v) is 16.4. The van der Waals surface area contributed by atoms with Crippen LogP contribution in [0.2, 0.25) is 5.02 Å². The van der Waals surface area contributed by atoms with Crippen molar-refractivity contribution >= 4 is 46.6 Å². The number of carbonyl (C=O) groups is 1. The third-order valence-electron chi connectivity index (χ3n) is 4.24. The molecule has 0 atom stereocenters. The van der Waals surface area contributed by atoms with Gasteiger partial charge >= 0.3 is 0 Å². The number of rotatable bonds is 4. The monoisotopic (exact) mass is 410 g/mol. The summed E-state index contributed by atoms with van der Waals surface area (Å²) >= 11 is 11.6. The molecule has 3 aromatic rings. The van der Waals surface area contributed by atoms with E-state index in [-0.39, 0.29) is 5.91 Å². The minimum absolute atomic E-state index is 0.269. The number of hydrogen-bond acceptors (Lipinski definition) is 4. The summed E-state index contributed by atoms with van der Waals surface area (Å²) in [4.78, 5) is 14.3. The first-order chi connectivity index (χ1) is 13.6. The summed E-state index contributed by atoms with van der Waals surface area (Å²) in [5.41, 5.74) is 1.74. The quantitative estimate of drug-likeness (QED) is 0.491. The smallest absolute Gasteiger partial charge is 0.281 e. The van der Waals surface area contributed by atoms with Gasteiger partial charge in [-0.2, -0.15) is 0 Å². The van der Waals surface area contributed by atoms with Gasteiger partial charge in [0.05, 0.1) is 17.8 Å². The summed E-state index contributed by atoms with van der Waals surface area (Å²) in [5, 5.41) is 3.83. The summed E-state index contributed by atoms with van der Waals surface area (Å²) in [7, 11) is 1.57. The molecule has 1 fully saturated rings. The number of benzene rings is 2. The van der Waals surface area contributed by atoms with Crippen LogP contribution < -0.4 is 15.0 Å². The zero-order chi connectivity index (χ0) is 19.7. The molecule has 7 heteroatoms. The number of amides is 1. The molecule has 1 aromatic heterocycles.